The van der Waals surface area contributed by atoms with Crippen molar-refractivity contribution in [1.29, 1.82) is 0 Å². The Morgan fingerprint density at radius 3 is 2.76 bits per heavy atom. The van der Waals surface area contributed by atoms with E-state index in [0.29, 0.717) is 44.7 Å². The van der Waals surface area contributed by atoms with E-state index < -0.39 is 0 Å². The van der Waals surface area contributed by atoms with Crippen molar-refractivity contribution >= 4 is 28.2 Å². The van der Waals surface area contributed by atoms with E-state index in [2.05, 4.69) is 75.6 Å². The van der Waals surface area contributed by atoms with Gasteiger partial charge in [0.1, 0.15) is 11.9 Å². The molecule has 0 bridgehead atoms. The van der Waals surface area contributed by atoms with E-state index in [1.807, 2.05) is 0 Å². The first kappa shape index (κ1) is 27.0. The number of benzene rings is 2. The standard InChI is InChI=1S/C32H37N7O2/c1-4-30(40)39-17-16-38(20-25(39)18-33-2)31-27-13-15-37(29-11-7-9-24-8-5-6-10-26(24)29)21-28(27)34-32(35-31)41-22-23-12-14-36(3)19-23/h4-11,23,25H,1,12-22H2,3H3/t23-,25?/m0/s1. The summed E-state index contributed by atoms with van der Waals surface area (Å²) in [5.41, 5.74) is 3.33. The van der Waals surface area contributed by atoms with Crippen LogP contribution in [0.25, 0.3) is 15.6 Å². The van der Waals surface area contributed by atoms with E-state index in [1.165, 1.54) is 22.5 Å². The molecule has 9 nitrogen and oxygen atoms in total. The first-order valence-corrected chi connectivity index (χ1v) is 14.5. The molecule has 2 atom stereocenters. The summed E-state index contributed by atoms with van der Waals surface area (Å²) in [4.78, 5) is 34.8. The van der Waals surface area contributed by atoms with E-state index in [-0.39, 0.29) is 18.5 Å². The predicted octanol–water partition coefficient (Wildman–Crippen LogP) is 3.65. The average molecular weight is 552 g/mol. The number of likely N-dealkylation sites (tertiary alicyclic amines) is 1. The number of anilines is 2. The molecule has 2 fully saturated rings. The van der Waals surface area contributed by atoms with Crippen molar-refractivity contribution in [2.24, 2.45) is 5.92 Å². The number of nitrogens with zero attached hydrogens (tertiary/aromatic N) is 7. The molecule has 0 N–H and O–H groups in total. The van der Waals surface area contributed by atoms with Gasteiger partial charge in [-0.25, -0.2) is 6.57 Å². The zero-order valence-corrected chi connectivity index (χ0v) is 23.7. The van der Waals surface area contributed by atoms with Gasteiger partial charge < -0.3 is 29.2 Å². The summed E-state index contributed by atoms with van der Waals surface area (Å²) in [7, 11) is 2.14. The van der Waals surface area contributed by atoms with Gasteiger partial charge in [-0.15, -0.1) is 0 Å². The fourth-order valence-electron chi connectivity index (χ4n) is 6.48. The van der Waals surface area contributed by atoms with Gasteiger partial charge in [-0.2, -0.15) is 9.97 Å². The summed E-state index contributed by atoms with van der Waals surface area (Å²) in [5, 5.41) is 2.46. The maximum atomic E-state index is 12.5. The topological polar surface area (TPSA) is 69.4 Å². The molecule has 1 aromatic heterocycles. The fraction of sp³-hybridized carbons (Fsp3) is 0.438. The van der Waals surface area contributed by atoms with Crippen LogP contribution in [0.1, 0.15) is 17.7 Å². The van der Waals surface area contributed by atoms with E-state index in [0.717, 1.165) is 49.6 Å². The molecule has 41 heavy (non-hydrogen) atoms. The van der Waals surface area contributed by atoms with Gasteiger partial charge in [-0.05, 0) is 44.0 Å². The van der Waals surface area contributed by atoms with Gasteiger partial charge in [-0.1, -0.05) is 43.0 Å². The van der Waals surface area contributed by atoms with Gasteiger partial charge in [-0.3, -0.25) is 4.79 Å². The number of rotatable bonds is 7. The SMILES string of the molecule is [C-]#[N+]CC1CN(c2nc(OC[C@H]3CCN(C)C3)nc3c2CCN(c2cccc4ccccc24)C3)CCN1C(=O)C=C. The molecule has 0 radical (unpaired) electrons. The van der Waals surface area contributed by atoms with Crippen molar-refractivity contribution in [1.82, 2.24) is 19.8 Å². The second-order valence-electron chi connectivity index (χ2n) is 11.3. The van der Waals surface area contributed by atoms with Crippen LogP contribution >= 0.6 is 0 Å². The molecule has 0 aliphatic carbocycles. The molecule has 0 spiro atoms. The minimum Gasteiger partial charge on any atom is -0.463 e. The highest BCUT2D eigenvalue weighted by Crippen LogP contribution is 2.35. The Morgan fingerprint density at radius 1 is 1.10 bits per heavy atom. The van der Waals surface area contributed by atoms with E-state index in [1.54, 1.807) is 4.90 Å². The average Bonchev–Trinajstić information content (AvgIpc) is 3.43. The molecule has 3 aliphatic heterocycles. The second-order valence-corrected chi connectivity index (χ2v) is 11.3. The lowest BCUT2D eigenvalue weighted by atomic mass is 10.0. The largest absolute Gasteiger partial charge is 0.463 e. The number of amides is 1. The first-order chi connectivity index (χ1) is 20.0. The lowest BCUT2D eigenvalue weighted by Crippen LogP contribution is -2.56. The van der Waals surface area contributed by atoms with Gasteiger partial charge in [0.15, 0.2) is 0 Å². The third-order valence-electron chi connectivity index (χ3n) is 8.61. The molecular formula is C32H37N7O2. The molecule has 3 aromatic rings. The number of piperazine rings is 1. The summed E-state index contributed by atoms with van der Waals surface area (Å²) in [6, 6.07) is 15.2. The predicted molar refractivity (Wildman–Crippen MR) is 161 cm³/mol. The highest BCUT2D eigenvalue weighted by atomic mass is 16.5. The minimum atomic E-state index is -0.216. The summed E-state index contributed by atoms with van der Waals surface area (Å²) >= 11 is 0. The molecule has 2 saturated heterocycles. The van der Waals surface area contributed by atoms with Gasteiger partial charge in [0.2, 0.25) is 12.5 Å². The molecular weight excluding hydrogens is 514 g/mol. The number of carbonyl (C=O) groups excluding carboxylic acids is 1. The van der Waals surface area contributed by atoms with Crippen LogP contribution in [0, 0.1) is 12.5 Å². The van der Waals surface area contributed by atoms with Crippen LogP contribution in [0.4, 0.5) is 11.5 Å². The summed E-state index contributed by atoms with van der Waals surface area (Å²) in [6.45, 7) is 17.3. The Bertz CT molecular complexity index is 1480. The van der Waals surface area contributed by atoms with Crippen molar-refractivity contribution in [2.75, 3.05) is 69.3 Å². The molecule has 1 unspecified atom stereocenters. The van der Waals surface area contributed by atoms with Crippen LogP contribution in [-0.2, 0) is 17.8 Å². The van der Waals surface area contributed by atoms with Crippen molar-refractivity contribution in [3.63, 3.8) is 0 Å². The summed E-state index contributed by atoms with van der Waals surface area (Å²) < 4.78 is 6.28. The Hall–Kier alpha value is -4.16. The fourth-order valence-corrected chi connectivity index (χ4v) is 6.48. The molecule has 9 heteroatoms. The Morgan fingerprint density at radius 2 is 1.95 bits per heavy atom. The molecule has 6 rings (SSSR count). The zero-order chi connectivity index (χ0) is 28.3. The normalized spacial score (nSPS) is 21.0. The summed E-state index contributed by atoms with van der Waals surface area (Å²) in [5.74, 6) is 1.22. The van der Waals surface area contributed by atoms with Crippen LogP contribution in [0.2, 0.25) is 0 Å². The monoisotopic (exact) mass is 551 g/mol. The Balaban J connectivity index is 1.32. The van der Waals surface area contributed by atoms with Crippen LogP contribution < -0.4 is 14.5 Å². The van der Waals surface area contributed by atoms with Gasteiger partial charge in [0, 0.05) is 55.3 Å². The smallest absolute Gasteiger partial charge is 0.318 e. The highest BCUT2D eigenvalue weighted by molar-refractivity contribution is 5.94. The third-order valence-corrected chi connectivity index (χ3v) is 8.61. The Kier molecular flexibility index (Phi) is 7.75. The van der Waals surface area contributed by atoms with Crippen molar-refractivity contribution in [3.8, 4) is 6.01 Å². The molecule has 2 aromatic carbocycles. The number of hydrogen-bond donors (Lipinski definition) is 0. The lowest BCUT2D eigenvalue weighted by Gasteiger charge is -2.41. The number of fused-ring (bicyclic) bond motifs is 2. The van der Waals surface area contributed by atoms with Crippen molar-refractivity contribution in [2.45, 2.75) is 25.4 Å². The molecule has 212 valence electrons. The van der Waals surface area contributed by atoms with E-state index >= 15 is 0 Å². The third kappa shape index (κ3) is 5.57. The van der Waals surface area contributed by atoms with Crippen LogP contribution in [0.3, 0.4) is 0 Å². The van der Waals surface area contributed by atoms with E-state index in [4.69, 9.17) is 21.3 Å². The molecule has 0 saturated carbocycles. The van der Waals surface area contributed by atoms with Gasteiger partial charge in [0.05, 0.1) is 18.8 Å². The molecule has 3 aliphatic rings. The number of hydrogen-bond acceptors (Lipinski definition) is 7. The maximum Gasteiger partial charge on any atom is 0.318 e. The number of aromatic nitrogens is 2. The van der Waals surface area contributed by atoms with Crippen molar-refractivity contribution < 1.29 is 9.53 Å². The zero-order valence-electron chi connectivity index (χ0n) is 23.7. The molecule has 1 amide bonds. The molecule has 4 heterocycles. The number of ether oxygens (including phenoxy) is 1. The van der Waals surface area contributed by atoms with Crippen LogP contribution in [0.5, 0.6) is 6.01 Å². The Labute approximate surface area is 241 Å². The lowest BCUT2D eigenvalue weighted by molar-refractivity contribution is -0.128. The van der Waals surface area contributed by atoms with Gasteiger partial charge in [0.25, 0.3) is 0 Å². The first-order valence-electron chi connectivity index (χ1n) is 14.5. The maximum absolute atomic E-state index is 12.5. The van der Waals surface area contributed by atoms with Crippen LogP contribution in [0.15, 0.2) is 55.1 Å². The second kappa shape index (κ2) is 11.8. The van der Waals surface area contributed by atoms with E-state index in [9.17, 15) is 4.79 Å². The summed E-state index contributed by atoms with van der Waals surface area (Å²) in [6.07, 6.45) is 3.26. The quantitative estimate of drug-likeness (QED) is 0.328. The highest BCUT2D eigenvalue weighted by Gasteiger charge is 2.35. The van der Waals surface area contributed by atoms with Crippen LogP contribution in [-0.4, -0.2) is 91.2 Å². The minimum absolute atomic E-state index is 0.126. The van der Waals surface area contributed by atoms with Gasteiger partial charge >= 0.3 is 6.01 Å². The number of carbonyl (C=O) groups is 1. The van der Waals surface area contributed by atoms with Crippen molar-refractivity contribution in [3.05, 3.63) is 77.8 Å².